The van der Waals surface area contributed by atoms with Gasteiger partial charge in [0.2, 0.25) is 5.91 Å². The molecule has 6 nitrogen and oxygen atoms in total. The van der Waals surface area contributed by atoms with E-state index in [1.54, 1.807) is 6.20 Å². The SMILES string of the molecule is CC(C)CCN1CCC(NC(=O)c2cn[nH]c2)CCC1=O. The van der Waals surface area contributed by atoms with E-state index < -0.39 is 0 Å². The lowest BCUT2D eigenvalue weighted by Crippen LogP contribution is -2.36. The molecule has 1 aromatic rings. The Labute approximate surface area is 125 Å². The fraction of sp³-hybridized carbons (Fsp3) is 0.667. The van der Waals surface area contributed by atoms with Gasteiger partial charge in [-0.25, -0.2) is 0 Å². The Morgan fingerprint density at radius 1 is 1.52 bits per heavy atom. The predicted molar refractivity (Wildman–Crippen MR) is 79.7 cm³/mol. The highest BCUT2D eigenvalue weighted by Crippen LogP contribution is 2.14. The molecule has 0 bridgehead atoms. The van der Waals surface area contributed by atoms with Crippen molar-refractivity contribution in [3.8, 4) is 0 Å². The summed E-state index contributed by atoms with van der Waals surface area (Å²) in [7, 11) is 0. The van der Waals surface area contributed by atoms with Gasteiger partial charge in [-0.05, 0) is 25.2 Å². The molecule has 6 heteroatoms. The number of H-pyrrole nitrogens is 1. The van der Waals surface area contributed by atoms with Crippen molar-refractivity contribution < 1.29 is 9.59 Å². The number of likely N-dealkylation sites (tertiary alicyclic amines) is 1. The number of carbonyl (C=O) groups excluding carboxylic acids is 2. The highest BCUT2D eigenvalue weighted by atomic mass is 16.2. The van der Waals surface area contributed by atoms with Crippen LogP contribution < -0.4 is 5.32 Å². The van der Waals surface area contributed by atoms with E-state index in [0.29, 0.717) is 24.3 Å². The van der Waals surface area contributed by atoms with Crippen LogP contribution in [0, 0.1) is 5.92 Å². The maximum atomic E-state index is 12.1. The van der Waals surface area contributed by atoms with E-state index in [1.165, 1.54) is 6.20 Å². The van der Waals surface area contributed by atoms with E-state index in [2.05, 4.69) is 29.4 Å². The maximum absolute atomic E-state index is 12.1. The molecule has 2 rings (SSSR count). The highest BCUT2D eigenvalue weighted by molar-refractivity contribution is 5.93. The Morgan fingerprint density at radius 2 is 2.33 bits per heavy atom. The van der Waals surface area contributed by atoms with Gasteiger partial charge in [-0.1, -0.05) is 13.8 Å². The first kappa shape index (κ1) is 15.5. The Bertz CT molecular complexity index is 470. The summed E-state index contributed by atoms with van der Waals surface area (Å²) in [5.74, 6) is 0.671. The van der Waals surface area contributed by atoms with E-state index in [-0.39, 0.29) is 17.9 Å². The molecule has 2 amide bonds. The number of amides is 2. The molecule has 1 unspecified atom stereocenters. The number of aromatic nitrogens is 2. The summed E-state index contributed by atoms with van der Waals surface area (Å²) in [4.78, 5) is 26.0. The van der Waals surface area contributed by atoms with Gasteiger partial charge in [-0.15, -0.1) is 0 Å². The topological polar surface area (TPSA) is 78.1 Å². The van der Waals surface area contributed by atoms with Gasteiger partial charge in [0.25, 0.3) is 5.91 Å². The lowest BCUT2D eigenvalue weighted by Gasteiger charge is -2.22. The van der Waals surface area contributed by atoms with Crippen LogP contribution >= 0.6 is 0 Å². The van der Waals surface area contributed by atoms with Gasteiger partial charge in [0.05, 0.1) is 11.8 Å². The molecule has 1 aliphatic heterocycles. The maximum Gasteiger partial charge on any atom is 0.254 e. The van der Waals surface area contributed by atoms with Crippen LogP contribution in [0.5, 0.6) is 0 Å². The van der Waals surface area contributed by atoms with E-state index in [4.69, 9.17) is 0 Å². The number of carbonyl (C=O) groups is 2. The molecule has 21 heavy (non-hydrogen) atoms. The van der Waals surface area contributed by atoms with Gasteiger partial charge in [-0.2, -0.15) is 5.10 Å². The molecule has 1 aromatic heterocycles. The summed E-state index contributed by atoms with van der Waals surface area (Å²) in [6.07, 6.45) is 6.14. The molecule has 0 saturated carbocycles. The zero-order valence-electron chi connectivity index (χ0n) is 12.8. The average molecular weight is 292 g/mol. The fourth-order valence-corrected chi connectivity index (χ4v) is 2.48. The van der Waals surface area contributed by atoms with Crippen LogP contribution in [0.15, 0.2) is 12.4 Å². The summed E-state index contributed by atoms with van der Waals surface area (Å²) in [6, 6.07) is 0.0559. The lowest BCUT2D eigenvalue weighted by molar-refractivity contribution is -0.130. The number of hydrogen-bond donors (Lipinski definition) is 2. The largest absolute Gasteiger partial charge is 0.349 e. The molecule has 1 aliphatic rings. The summed E-state index contributed by atoms with van der Waals surface area (Å²) in [6.45, 7) is 5.87. The van der Waals surface area contributed by atoms with Gasteiger partial charge >= 0.3 is 0 Å². The number of rotatable bonds is 5. The first-order valence-corrected chi connectivity index (χ1v) is 7.63. The Balaban J connectivity index is 1.85. The van der Waals surface area contributed by atoms with Crippen molar-refractivity contribution in [1.29, 1.82) is 0 Å². The van der Waals surface area contributed by atoms with Crippen LogP contribution in [0.2, 0.25) is 0 Å². The van der Waals surface area contributed by atoms with Crippen molar-refractivity contribution in [2.24, 2.45) is 5.92 Å². The molecule has 0 radical (unpaired) electrons. The quantitative estimate of drug-likeness (QED) is 0.864. The minimum absolute atomic E-state index is 0.0559. The summed E-state index contributed by atoms with van der Waals surface area (Å²) < 4.78 is 0. The predicted octanol–water partition coefficient (Wildman–Crippen LogP) is 1.57. The van der Waals surface area contributed by atoms with E-state index in [9.17, 15) is 9.59 Å². The van der Waals surface area contributed by atoms with Gasteiger partial charge in [0, 0.05) is 31.7 Å². The van der Waals surface area contributed by atoms with Crippen LogP contribution in [-0.2, 0) is 4.79 Å². The minimum Gasteiger partial charge on any atom is -0.349 e. The number of nitrogens with zero attached hydrogens (tertiary/aromatic N) is 2. The molecule has 1 fully saturated rings. The molecular weight excluding hydrogens is 268 g/mol. The van der Waals surface area contributed by atoms with Crippen molar-refractivity contribution in [2.45, 2.75) is 45.6 Å². The molecule has 1 atom stereocenters. The number of nitrogens with one attached hydrogen (secondary N) is 2. The second-order valence-electron chi connectivity index (χ2n) is 6.05. The minimum atomic E-state index is -0.128. The number of aromatic amines is 1. The third-order valence-corrected chi connectivity index (χ3v) is 3.88. The Kier molecular flexibility index (Phi) is 5.36. The molecule has 1 saturated heterocycles. The van der Waals surface area contributed by atoms with Gasteiger partial charge in [0.1, 0.15) is 0 Å². The van der Waals surface area contributed by atoms with Crippen LogP contribution in [0.3, 0.4) is 0 Å². The lowest BCUT2D eigenvalue weighted by atomic mass is 10.1. The Hall–Kier alpha value is -1.85. The van der Waals surface area contributed by atoms with Crippen molar-refractivity contribution >= 4 is 11.8 Å². The van der Waals surface area contributed by atoms with Gasteiger partial charge in [0.15, 0.2) is 0 Å². The molecule has 0 spiro atoms. The summed E-state index contributed by atoms with van der Waals surface area (Å²) in [5.41, 5.74) is 0.530. The second-order valence-corrected chi connectivity index (χ2v) is 6.05. The van der Waals surface area contributed by atoms with Crippen molar-refractivity contribution in [3.05, 3.63) is 18.0 Å². The standard InChI is InChI=1S/C15H24N4O2/c1-11(2)5-7-19-8-6-13(3-4-14(19)20)18-15(21)12-9-16-17-10-12/h9-11,13H,3-8H2,1-2H3,(H,16,17)(H,18,21). The molecule has 116 valence electrons. The zero-order valence-corrected chi connectivity index (χ0v) is 12.8. The van der Waals surface area contributed by atoms with Crippen molar-refractivity contribution in [2.75, 3.05) is 13.1 Å². The molecule has 0 aliphatic carbocycles. The van der Waals surface area contributed by atoms with Crippen LogP contribution in [0.4, 0.5) is 0 Å². The first-order chi connectivity index (χ1) is 10.1. The third-order valence-electron chi connectivity index (χ3n) is 3.88. The molecule has 2 N–H and O–H groups in total. The van der Waals surface area contributed by atoms with Crippen molar-refractivity contribution in [3.63, 3.8) is 0 Å². The van der Waals surface area contributed by atoms with E-state index in [0.717, 1.165) is 25.9 Å². The summed E-state index contributed by atoms with van der Waals surface area (Å²) in [5, 5.41) is 9.39. The smallest absolute Gasteiger partial charge is 0.254 e. The van der Waals surface area contributed by atoms with E-state index >= 15 is 0 Å². The Morgan fingerprint density at radius 3 is 3.00 bits per heavy atom. The van der Waals surface area contributed by atoms with Crippen LogP contribution in [0.1, 0.15) is 49.9 Å². The average Bonchev–Trinajstić information content (AvgIpc) is 2.92. The monoisotopic (exact) mass is 292 g/mol. The molecule has 0 aromatic carbocycles. The first-order valence-electron chi connectivity index (χ1n) is 7.63. The van der Waals surface area contributed by atoms with E-state index in [1.807, 2.05) is 4.90 Å². The van der Waals surface area contributed by atoms with Gasteiger partial charge < -0.3 is 10.2 Å². The molecule has 2 heterocycles. The second kappa shape index (κ2) is 7.24. The fourth-order valence-electron chi connectivity index (χ4n) is 2.48. The van der Waals surface area contributed by atoms with Crippen LogP contribution in [0.25, 0.3) is 0 Å². The normalized spacial score (nSPS) is 19.7. The molecular formula is C15H24N4O2. The zero-order chi connectivity index (χ0) is 15.2. The van der Waals surface area contributed by atoms with Gasteiger partial charge in [-0.3, -0.25) is 14.7 Å². The van der Waals surface area contributed by atoms with Crippen LogP contribution in [-0.4, -0.2) is 46.0 Å². The van der Waals surface area contributed by atoms with Crippen molar-refractivity contribution in [1.82, 2.24) is 20.4 Å². The summed E-state index contributed by atoms with van der Waals surface area (Å²) >= 11 is 0. The number of hydrogen-bond acceptors (Lipinski definition) is 3. The highest BCUT2D eigenvalue weighted by Gasteiger charge is 2.23. The third kappa shape index (κ3) is 4.58.